The highest BCUT2D eigenvalue weighted by Crippen LogP contribution is 1.97. The van der Waals surface area contributed by atoms with E-state index >= 15 is 0 Å². The van der Waals surface area contributed by atoms with E-state index in [0.29, 0.717) is 26.4 Å². The Morgan fingerprint density at radius 3 is 2.15 bits per heavy atom. The van der Waals surface area contributed by atoms with Crippen LogP contribution in [0.15, 0.2) is 12.2 Å². The Hall–Kier alpha value is -0.380. The van der Waals surface area contributed by atoms with Gasteiger partial charge in [0.05, 0.1) is 13.2 Å². The molecule has 0 heterocycles. The van der Waals surface area contributed by atoms with E-state index in [1.165, 1.54) is 0 Å². The third-order valence-electron chi connectivity index (χ3n) is 1.31. The van der Waals surface area contributed by atoms with Crippen LogP contribution in [-0.4, -0.2) is 32.7 Å². The largest absolute Gasteiger partial charge is 0.372 e. The average molecular weight is 188 g/mol. The monoisotopic (exact) mass is 188 g/mol. The number of hydrogen-bond acceptors (Lipinski definition) is 3. The zero-order chi connectivity index (χ0) is 10.1. The van der Waals surface area contributed by atoms with Crippen LogP contribution in [0, 0.1) is 0 Å². The molecule has 78 valence electrons. The normalized spacial score (nSPS) is 10.8. The van der Waals surface area contributed by atoms with Crippen LogP contribution in [-0.2, 0) is 14.2 Å². The van der Waals surface area contributed by atoms with Crippen LogP contribution >= 0.6 is 0 Å². The standard InChI is InChI=1S/C10H20O3/c1-5-12-10(13-6-2)8-11-7-9(3)4/h10H,3,5-8H2,1-2,4H3. The first-order valence-electron chi connectivity index (χ1n) is 4.66. The van der Waals surface area contributed by atoms with Crippen molar-refractivity contribution in [2.75, 3.05) is 26.4 Å². The fraction of sp³-hybridized carbons (Fsp3) is 0.800. The van der Waals surface area contributed by atoms with Crippen molar-refractivity contribution >= 4 is 0 Å². The second-order valence-electron chi connectivity index (χ2n) is 2.81. The molecule has 0 spiro atoms. The van der Waals surface area contributed by atoms with Crippen molar-refractivity contribution in [3.63, 3.8) is 0 Å². The lowest BCUT2D eigenvalue weighted by Gasteiger charge is -2.16. The summed E-state index contributed by atoms with van der Waals surface area (Å²) < 4.78 is 15.9. The molecule has 0 amide bonds. The van der Waals surface area contributed by atoms with Gasteiger partial charge in [0.25, 0.3) is 0 Å². The topological polar surface area (TPSA) is 27.7 Å². The molecule has 0 unspecified atom stereocenters. The molecule has 3 nitrogen and oxygen atoms in total. The van der Waals surface area contributed by atoms with Gasteiger partial charge in [0, 0.05) is 13.2 Å². The Morgan fingerprint density at radius 2 is 1.77 bits per heavy atom. The van der Waals surface area contributed by atoms with Gasteiger partial charge in [-0.3, -0.25) is 0 Å². The van der Waals surface area contributed by atoms with Gasteiger partial charge in [-0.2, -0.15) is 0 Å². The maximum atomic E-state index is 5.31. The Balaban J connectivity index is 3.49. The summed E-state index contributed by atoms with van der Waals surface area (Å²) >= 11 is 0. The Labute approximate surface area is 80.7 Å². The van der Waals surface area contributed by atoms with Crippen molar-refractivity contribution in [2.45, 2.75) is 27.1 Å². The highest BCUT2D eigenvalue weighted by atomic mass is 16.7. The van der Waals surface area contributed by atoms with Gasteiger partial charge in [-0.1, -0.05) is 12.2 Å². The van der Waals surface area contributed by atoms with E-state index in [0.717, 1.165) is 5.57 Å². The Morgan fingerprint density at radius 1 is 1.23 bits per heavy atom. The van der Waals surface area contributed by atoms with E-state index in [2.05, 4.69) is 6.58 Å². The minimum atomic E-state index is -0.241. The molecule has 0 bridgehead atoms. The van der Waals surface area contributed by atoms with E-state index in [-0.39, 0.29) is 6.29 Å². The van der Waals surface area contributed by atoms with Crippen LogP contribution < -0.4 is 0 Å². The van der Waals surface area contributed by atoms with Gasteiger partial charge in [-0.15, -0.1) is 0 Å². The van der Waals surface area contributed by atoms with Crippen molar-refractivity contribution in [3.8, 4) is 0 Å². The van der Waals surface area contributed by atoms with Gasteiger partial charge >= 0.3 is 0 Å². The van der Waals surface area contributed by atoms with Crippen molar-refractivity contribution in [1.29, 1.82) is 0 Å². The molecule has 0 aliphatic carbocycles. The van der Waals surface area contributed by atoms with Crippen molar-refractivity contribution in [2.24, 2.45) is 0 Å². The molecule has 0 rings (SSSR count). The zero-order valence-electron chi connectivity index (χ0n) is 8.84. The summed E-state index contributed by atoms with van der Waals surface area (Å²) in [4.78, 5) is 0. The van der Waals surface area contributed by atoms with E-state index in [9.17, 15) is 0 Å². The maximum Gasteiger partial charge on any atom is 0.180 e. The van der Waals surface area contributed by atoms with Crippen LogP contribution in [0.5, 0.6) is 0 Å². The molecule has 0 aromatic carbocycles. The van der Waals surface area contributed by atoms with Gasteiger partial charge in [0.1, 0.15) is 0 Å². The predicted octanol–water partition coefficient (Wildman–Crippen LogP) is 1.98. The molecule has 0 N–H and O–H groups in total. The molecule has 0 atom stereocenters. The van der Waals surface area contributed by atoms with Gasteiger partial charge in [-0.05, 0) is 20.8 Å². The Kier molecular flexibility index (Phi) is 7.99. The first-order valence-corrected chi connectivity index (χ1v) is 4.66. The van der Waals surface area contributed by atoms with Crippen LogP contribution in [0.2, 0.25) is 0 Å². The SMILES string of the molecule is C=C(C)COCC(OCC)OCC. The minimum absolute atomic E-state index is 0.241. The smallest absolute Gasteiger partial charge is 0.180 e. The lowest BCUT2D eigenvalue weighted by atomic mass is 10.4. The Bertz CT molecular complexity index is 128. The second kappa shape index (κ2) is 8.23. The van der Waals surface area contributed by atoms with Crippen LogP contribution in [0.1, 0.15) is 20.8 Å². The number of ether oxygens (including phenoxy) is 3. The molecular formula is C10H20O3. The third kappa shape index (κ3) is 7.96. The van der Waals surface area contributed by atoms with Gasteiger partial charge in [0.2, 0.25) is 0 Å². The summed E-state index contributed by atoms with van der Waals surface area (Å²) in [5.41, 5.74) is 1.01. The molecular weight excluding hydrogens is 168 g/mol. The van der Waals surface area contributed by atoms with E-state index in [1.54, 1.807) is 0 Å². The molecule has 0 aliphatic rings. The fourth-order valence-electron chi connectivity index (χ4n) is 0.846. The molecule has 0 fully saturated rings. The average Bonchev–Trinajstić information content (AvgIpc) is 2.04. The quantitative estimate of drug-likeness (QED) is 0.430. The van der Waals surface area contributed by atoms with Crippen LogP contribution in [0.4, 0.5) is 0 Å². The van der Waals surface area contributed by atoms with Crippen molar-refractivity contribution in [3.05, 3.63) is 12.2 Å². The summed E-state index contributed by atoms with van der Waals surface area (Å²) in [6, 6.07) is 0. The second-order valence-corrected chi connectivity index (χ2v) is 2.81. The molecule has 0 aromatic rings. The maximum absolute atomic E-state index is 5.31. The first kappa shape index (κ1) is 12.6. The summed E-state index contributed by atoms with van der Waals surface area (Å²) in [6.07, 6.45) is -0.241. The predicted molar refractivity (Wildman–Crippen MR) is 52.7 cm³/mol. The molecule has 0 aliphatic heterocycles. The highest BCUT2D eigenvalue weighted by molar-refractivity contribution is 4.87. The van der Waals surface area contributed by atoms with Crippen molar-refractivity contribution < 1.29 is 14.2 Å². The van der Waals surface area contributed by atoms with Gasteiger partial charge < -0.3 is 14.2 Å². The number of hydrogen-bond donors (Lipinski definition) is 0. The summed E-state index contributed by atoms with van der Waals surface area (Å²) in [5.74, 6) is 0. The van der Waals surface area contributed by atoms with E-state index in [4.69, 9.17) is 14.2 Å². The summed E-state index contributed by atoms with van der Waals surface area (Å²) in [5, 5.41) is 0. The minimum Gasteiger partial charge on any atom is -0.372 e. The lowest BCUT2D eigenvalue weighted by Crippen LogP contribution is -2.23. The van der Waals surface area contributed by atoms with Gasteiger partial charge in [0.15, 0.2) is 6.29 Å². The van der Waals surface area contributed by atoms with Crippen molar-refractivity contribution in [1.82, 2.24) is 0 Å². The van der Waals surface area contributed by atoms with E-state index in [1.807, 2.05) is 20.8 Å². The molecule has 0 saturated heterocycles. The first-order chi connectivity index (χ1) is 6.20. The van der Waals surface area contributed by atoms with Crippen LogP contribution in [0.25, 0.3) is 0 Å². The fourth-order valence-corrected chi connectivity index (χ4v) is 0.846. The van der Waals surface area contributed by atoms with Gasteiger partial charge in [-0.25, -0.2) is 0 Å². The molecule has 3 heteroatoms. The molecule has 0 radical (unpaired) electrons. The summed E-state index contributed by atoms with van der Waals surface area (Å²) in [6.45, 7) is 11.8. The number of rotatable bonds is 8. The lowest BCUT2D eigenvalue weighted by molar-refractivity contribution is -0.165. The third-order valence-corrected chi connectivity index (χ3v) is 1.31. The molecule has 13 heavy (non-hydrogen) atoms. The van der Waals surface area contributed by atoms with E-state index < -0.39 is 0 Å². The summed E-state index contributed by atoms with van der Waals surface area (Å²) in [7, 11) is 0. The zero-order valence-corrected chi connectivity index (χ0v) is 8.84. The molecule has 0 saturated carbocycles. The van der Waals surface area contributed by atoms with Crippen LogP contribution in [0.3, 0.4) is 0 Å². The molecule has 0 aromatic heterocycles. The highest BCUT2D eigenvalue weighted by Gasteiger charge is 2.06.